The Balaban J connectivity index is 2.18. The monoisotopic (exact) mass is 277 g/mol. The van der Waals surface area contributed by atoms with Crippen LogP contribution in [0.25, 0.3) is 0 Å². The second kappa shape index (κ2) is 5.89. The highest BCUT2D eigenvalue weighted by Gasteiger charge is 2.09. The lowest BCUT2D eigenvalue weighted by molar-refractivity contribution is 0.464. The van der Waals surface area contributed by atoms with Gasteiger partial charge in [0.2, 0.25) is 5.88 Å². The van der Waals surface area contributed by atoms with Gasteiger partial charge in [-0.3, -0.25) is 0 Å². The van der Waals surface area contributed by atoms with E-state index >= 15 is 0 Å². The molecule has 1 atom stereocenters. The Bertz CT molecular complexity index is 557. The van der Waals surface area contributed by atoms with Crippen LogP contribution in [-0.4, -0.2) is 9.97 Å². The molecule has 1 heterocycles. The molecule has 0 spiro atoms. The van der Waals surface area contributed by atoms with Gasteiger partial charge in [-0.2, -0.15) is 4.98 Å². The van der Waals surface area contributed by atoms with Crippen molar-refractivity contribution in [3.05, 3.63) is 41.3 Å². The minimum absolute atomic E-state index is 0.196. The minimum atomic E-state index is 0.196. The number of nitrogens with zero attached hydrogens (tertiary/aromatic N) is 2. The maximum absolute atomic E-state index is 5.81. The van der Waals surface area contributed by atoms with Gasteiger partial charge in [0.05, 0.1) is 0 Å². The summed E-state index contributed by atoms with van der Waals surface area (Å²) in [6.45, 7) is 4.36. The van der Waals surface area contributed by atoms with Crippen molar-refractivity contribution >= 4 is 17.3 Å². The van der Waals surface area contributed by atoms with Crippen LogP contribution >= 0.6 is 11.6 Å². The molecule has 0 amide bonds. The summed E-state index contributed by atoms with van der Waals surface area (Å²) in [5.74, 6) is 1.48. The maximum atomic E-state index is 5.81. The van der Waals surface area contributed by atoms with E-state index in [1.54, 1.807) is 0 Å². The molecule has 0 bridgehead atoms. The Morgan fingerprint density at radius 1 is 1.26 bits per heavy atom. The zero-order chi connectivity index (χ0) is 13.8. The molecular formula is C14H16ClN3O. The first-order valence-corrected chi connectivity index (χ1v) is 6.53. The van der Waals surface area contributed by atoms with Crippen molar-refractivity contribution in [2.24, 2.45) is 0 Å². The number of benzene rings is 1. The van der Waals surface area contributed by atoms with E-state index in [9.17, 15) is 0 Å². The van der Waals surface area contributed by atoms with Crippen LogP contribution in [0, 0.1) is 0 Å². The number of halogens is 1. The molecule has 4 nitrogen and oxygen atoms in total. The van der Waals surface area contributed by atoms with Crippen LogP contribution in [0.3, 0.4) is 0 Å². The first kappa shape index (κ1) is 13.6. The van der Waals surface area contributed by atoms with Crippen LogP contribution in [-0.2, 0) is 0 Å². The van der Waals surface area contributed by atoms with Crippen LogP contribution in [0.2, 0.25) is 5.15 Å². The van der Waals surface area contributed by atoms with Crippen LogP contribution < -0.4 is 10.5 Å². The predicted octanol–water partition coefficient (Wildman–Crippen LogP) is 4.02. The zero-order valence-corrected chi connectivity index (χ0v) is 11.7. The number of nitrogens with two attached hydrogens (primary N) is 1. The quantitative estimate of drug-likeness (QED) is 0.858. The normalized spacial score (nSPS) is 12.2. The molecule has 0 aliphatic heterocycles. The standard InChI is InChI=1S/C14H16ClN3O/c1-3-9(2)10-4-6-11(7-5-10)19-14-12(16)13(15)17-8-18-14/h4-9H,3,16H2,1-2H3. The van der Waals surface area contributed by atoms with Crippen molar-refractivity contribution in [2.45, 2.75) is 26.2 Å². The van der Waals surface area contributed by atoms with Gasteiger partial charge in [-0.05, 0) is 30.0 Å². The van der Waals surface area contributed by atoms with Crippen molar-refractivity contribution in [3.8, 4) is 11.6 Å². The molecule has 2 rings (SSSR count). The van der Waals surface area contributed by atoms with Crippen molar-refractivity contribution in [3.63, 3.8) is 0 Å². The highest BCUT2D eigenvalue weighted by atomic mass is 35.5. The van der Waals surface area contributed by atoms with Gasteiger partial charge >= 0.3 is 0 Å². The molecule has 5 heteroatoms. The fraction of sp³-hybridized carbons (Fsp3) is 0.286. The maximum Gasteiger partial charge on any atom is 0.247 e. The number of aromatic nitrogens is 2. The van der Waals surface area contributed by atoms with Gasteiger partial charge in [0, 0.05) is 0 Å². The third-order valence-corrected chi connectivity index (χ3v) is 3.38. The molecular weight excluding hydrogens is 262 g/mol. The molecule has 1 aromatic heterocycles. The smallest absolute Gasteiger partial charge is 0.247 e. The van der Waals surface area contributed by atoms with Gasteiger partial charge in [-0.25, -0.2) is 4.98 Å². The van der Waals surface area contributed by atoms with Crippen molar-refractivity contribution < 1.29 is 4.74 Å². The molecule has 2 N–H and O–H groups in total. The van der Waals surface area contributed by atoms with E-state index in [0.29, 0.717) is 11.7 Å². The molecule has 1 aromatic carbocycles. The molecule has 0 aliphatic rings. The van der Waals surface area contributed by atoms with E-state index in [2.05, 4.69) is 23.8 Å². The second-order valence-electron chi connectivity index (χ2n) is 4.36. The topological polar surface area (TPSA) is 61.0 Å². The van der Waals surface area contributed by atoms with E-state index in [4.69, 9.17) is 22.1 Å². The Hall–Kier alpha value is -1.81. The van der Waals surface area contributed by atoms with Gasteiger partial charge in [0.1, 0.15) is 17.8 Å². The predicted molar refractivity (Wildman–Crippen MR) is 76.7 cm³/mol. The first-order chi connectivity index (χ1) is 9.11. The molecule has 2 aromatic rings. The number of anilines is 1. The summed E-state index contributed by atoms with van der Waals surface area (Å²) in [5.41, 5.74) is 7.27. The summed E-state index contributed by atoms with van der Waals surface area (Å²) in [4.78, 5) is 7.74. The Labute approximate surface area is 117 Å². The zero-order valence-electron chi connectivity index (χ0n) is 10.9. The second-order valence-corrected chi connectivity index (χ2v) is 4.72. The van der Waals surface area contributed by atoms with Crippen molar-refractivity contribution in [2.75, 3.05) is 5.73 Å². The summed E-state index contributed by atoms with van der Waals surface area (Å²) >= 11 is 5.81. The van der Waals surface area contributed by atoms with Crippen LogP contribution in [0.5, 0.6) is 11.6 Å². The number of hydrogen-bond donors (Lipinski definition) is 1. The minimum Gasteiger partial charge on any atom is -0.437 e. The third kappa shape index (κ3) is 3.15. The molecule has 0 saturated heterocycles. The summed E-state index contributed by atoms with van der Waals surface area (Å²) in [7, 11) is 0. The fourth-order valence-electron chi connectivity index (χ4n) is 1.65. The van der Waals surface area contributed by atoms with Gasteiger partial charge < -0.3 is 10.5 Å². The average molecular weight is 278 g/mol. The van der Waals surface area contributed by atoms with E-state index in [1.807, 2.05) is 24.3 Å². The highest BCUT2D eigenvalue weighted by molar-refractivity contribution is 6.32. The summed E-state index contributed by atoms with van der Waals surface area (Å²) in [5, 5.41) is 0.196. The molecule has 100 valence electrons. The number of rotatable bonds is 4. The SMILES string of the molecule is CCC(C)c1ccc(Oc2ncnc(Cl)c2N)cc1. The molecule has 0 saturated carbocycles. The third-order valence-electron chi connectivity index (χ3n) is 3.07. The van der Waals surface area contributed by atoms with Crippen molar-refractivity contribution in [1.82, 2.24) is 9.97 Å². The molecule has 1 unspecified atom stereocenters. The molecule has 0 radical (unpaired) electrons. The average Bonchev–Trinajstić information content (AvgIpc) is 2.44. The van der Waals surface area contributed by atoms with Crippen LogP contribution in [0.1, 0.15) is 31.7 Å². The van der Waals surface area contributed by atoms with Crippen molar-refractivity contribution in [1.29, 1.82) is 0 Å². The van der Waals surface area contributed by atoms with Gasteiger partial charge in [-0.1, -0.05) is 37.6 Å². The number of hydrogen-bond acceptors (Lipinski definition) is 4. The first-order valence-electron chi connectivity index (χ1n) is 6.15. The van der Waals surface area contributed by atoms with Gasteiger partial charge in [0.15, 0.2) is 5.15 Å². The molecule has 0 aliphatic carbocycles. The lowest BCUT2D eigenvalue weighted by Crippen LogP contribution is -1.98. The van der Waals surface area contributed by atoms with E-state index in [-0.39, 0.29) is 16.7 Å². The van der Waals surface area contributed by atoms with E-state index in [0.717, 1.165) is 6.42 Å². The van der Waals surface area contributed by atoms with E-state index in [1.165, 1.54) is 11.9 Å². The Morgan fingerprint density at radius 3 is 2.58 bits per heavy atom. The summed E-state index contributed by atoms with van der Waals surface area (Å²) < 4.78 is 5.60. The number of ether oxygens (including phenoxy) is 1. The Kier molecular flexibility index (Phi) is 4.22. The highest BCUT2D eigenvalue weighted by Crippen LogP contribution is 2.29. The summed E-state index contributed by atoms with van der Waals surface area (Å²) in [6, 6.07) is 7.89. The number of nitrogen functional groups attached to an aromatic ring is 1. The van der Waals surface area contributed by atoms with Crippen LogP contribution in [0.4, 0.5) is 5.69 Å². The Morgan fingerprint density at radius 2 is 1.95 bits per heavy atom. The lowest BCUT2D eigenvalue weighted by Gasteiger charge is -2.11. The lowest BCUT2D eigenvalue weighted by atomic mass is 9.99. The van der Waals surface area contributed by atoms with E-state index < -0.39 is 0 Å². The molecule has 0 fully saturated rings. The van der Waals surface area contributed by atoms with Crippen LogP contribution in [0.15, 0.2) is 30.6 Å². The fourth-order valence-corrected chi connectivity index (χ4v) is 1.78. The largest absolute Gasteiger partial charge is 0.437 e. The molecule has 19 heavy (non-hydrogen) atoms. The summed E-state index contributed by atoms with van der Waals surface area (Å²) in [6.07, 6.45) is 2.43. The van der Waals surface area contributed by atoms with Gasteiger partial charge in [0.25, 0.3) is 0 Å². The van der Waals surface area contributed by atoms with Gasteiger partial charge in [-0.15, -0.1) is 0 Å².